The lowest BCUT2D eigenvalue weighted by Gasteiger charge is -2.09. The predicted octanol–water partition coefficient (Wildman–Crippen LogP) is 5.05. The van der Waals surface area contributed by atoms with E-state index < -0.39 is 5.97 Å². The fourth-order valence-corrected chi connectivity index (χ4v) is 3.43. The van der Waals surface area contributed by atoms with Crippen LogP contribution in [0.25, 0.3) is 11.6 Å². The van der Waals surface area contributed by atoms with Gasteiger partial charge in [0.15, 0.2) is 0 Å². The summed E-state index contributed by atoms with van der Waals surface area (Å²) in [7, 11) is 0. The van der Waals surface area contributed by atoms with E-state index in [9.17, 15) is 14.3 Å². The van der Waals surface area contributed by atoms with E-state index >= 15 is 0 Å². The average Bonchev–Trinajstić information content (AvgIpc) is 2.88. The molecule has 1 N–H and O–H groups in total. The van der Waals surface area contributed by atoms with Crippen molar-refractivity contribution >= 4 is 29.4 Å². The van der Waals surface area contributed by atoms with Gasteiger partial charge in [-0.1, -0.05) is 23.8 Å². The molecule has 24 heavy (non-hydrogen) atoms. The Labute approximate surface area is 144 Å². The lowest BCUT2D eigenvalue weighted by Crippen LogP contribution is -2.03. The first-order chi connectivity index (χ1) is 11.5. The molecule has 122 valence electrons. The molecule has 0 bridgehead atoms. The molecular formula is C20H17FO2S. The molecule has 2 aromatic rings. The molecule has 0 spiro atoms. The molecule has 0 aliphatic heterocycles. The SMILES string of the molecule is CSc1ccc(/C=C(\C(=O)O)C2=C(C)Cc3ccc(F)cc32)cc1. The zero-order valence-corrected chi connectivity index (χ0v) is 14.3. The summed E-state index contributed by atoms with van der Waals surface area (Å²) >= 11 is 1.63. The van der Waals surface area contributed by atoms with Crippen molar-refractivity contribution in [2.45, 2.75) is 18.2 Å². The molecular weight excluding hydrogens is 323 g/mol. The van der Waals surface area contributed by atoms with Crippen LogP contribution in [0.2, 0.25) is 0 Å². The molecule has 0 heterocycles. The van der Waals surface area contributed by atoms with Gasteiger partial charge in [0.25, 0.3) is 0 Å². The van der Waals surface area contributed by atoms with Crippen LogP contribution < -0.4 is 0 Å². The van der Waals surface area contributed by atoms with E-state index in [4.69, 9.17) is 0 Å². The van der Waals surface area contributed by atoms with Gasteiger partial charge in [-0.15, -0.1) is 11.8 Å². The van der Waals surface area contributed by atoms with E-state index in [-0.39, 0.29) is 11.4 Å². The maximum absolute atomic E-state index is 13.6. The second-order valence-corrected chi connectivity index (χ2v) is 6.65. The van der Waals surface area contributed by atoms with Gasteiger partial charge in [0.05, 0.1) is 5.57 Å². The smallest absolute Gasteiger partial charge is 0.336 e. The summed E-state index contributed by atoms with van der Waals surface area (Å²) in [5.74, 6) is -1.36. The van der Waals surface area contributed by atoms with E-state index in [1.807, 2.05) is 37.4 Å². The minimum Gasteiger partial charge on any atom is -0.478 e. The molecule has 0 radical (unpaired) electrons. The van der Waals surface area contributed by atoms with Gasteiger partial charge in [-0.2, -0.15) is 0 Å². The van der Waals surface area contributed by atoms with Gasteiger partial charge in [0, 0.05) is 4.90 Å². The van der Waals surface area contributed by atoms with E-state index in [0.717, 1.165) is 21.6 Å². The largest absolute Gasteiger partial charge is 0.478 e. The standard InChI is InChI=1S/C20H17FO2S/c1-12-9-14-5-6-15(21)11-17(14)19(12)18(20(22)23)10-13-3-7-16(24-2)8-4-13/h3-8,10-11H,9H2,1-2H3,(H,22,23)/b18-10-. The van der Waals surface area contributed by atoms with Crippen LogP contribution in [0, 0.1) is 5.82 Å². The summed E-state index contributed by atoms with van der Waals surface area (Å²) in [4.78, 5) is 13.0. The molecule has 4 heteroatoms. The Morgan fingerprint density at radius 3 is 2.54 bits per heavy atom. The molecule has 0 unspecified atom stereocenters. The Bertz CT molecular complexity index is 864. The molecule has 0 fully saturated rings. The number of aliphatic carboxylic acids is 1. The minimum absolute atomic E-state index is 0.203. The van der Waals surface area contributed by atoms with E-state index in [0.29, 0.717) is 17.6 Å². The van der Waals surface area contributed by atoms with Crippen molar-refractivity contribution in [3.8, 4) is 0 Å². The predicted molar refractivity (Wildman–Crippen MR) is 96.5 cm³/mol. The third kappa shape index (κ3) is 3.15. The number of carboxylic acids is 1. The number of hydrogen-bond acceptors (Lipinski definition) is 2. The first-order valence-electron chi connectivity index (χ1n) is 7.57. The summed E-state index contributed by atoms with van der Waals surface area (Å²) in [5, 5.41) is 9.71. The van der Waals surface area contributed by atoms with Crippen LogP contribution in [-0.2, 0) is 11.2 Å². The van der Waals surface area contributed by atoms with Gasteiger partial charge in [0.1, 0.15) is 5.82 Å². The van der Waals surface area contributed by atoms with E-state index in [1.54, 1.807) is 23.9 Å². The number of carbonyl (C=O) groups is 1. The van der Waals surface area contributed by atoms with Crippen molar-refractivity contribution in [1.29, 1.82) is 0 Å². The van der Waals surface area contributed by atoms with E-state index in [2.05, 4.69) is 0 Å². The Morgan fingerprint density at radius 2 is 1.92 bits per heavy atom. The molecule has 1 aliphatic rings. The van der Waals surface area contributed by atoms with E-state index in [1.165, 1.54) is 12.1 Å². The molecule has 2 aromatic carbocycles. The molecule has 0 aromatic heterocycles. The first-order valence-corrected chi connectivity index (χ1v) is 8.80. The van der Waals surface area contributed by atoms with Crippen molar-refractivity contribution in [3.05, 3.63) is 76.1 Å². The highest BCUT2D eigenvalue weighted by molar-refractivity contribution is 7.98. The number of allylic oxidation sites excluding steroid dienone is 1. The lowest BCUT2D eigenvalue weighted by molar-refractivity contribution is -0.132. The second-order valence-electron chi connectivity index (χ2n) is 5.77. The summed E-state index contributed by atoms with van der Waals surface area (Å²) < 4.78 is 13.6. The average molecular weight is 340 g/mol. The zero-order valence-electron chi connectivity index (χ0n) is 13.5. The number of benzene rings is 2. The quantitative estimate of drug-likeness (QED) is 0.625. The first kappa shape index (κ1) is 16.5. The Hall–Kier alpha value is -2.33. The van der Waals surface area contributed by atoms with Crippen molar-refractivity contribution in [3.63, 3.8) is 0 Å². The van der Waals surface area contributed by atoms with Crippen LogP contribution in [0.4, 0.5) is 4.39 Å². The minimum atomic E-state index is -1.00. The normalized spacial score (nSPS) is 14.0. The van der Waals surface area contributed by atoms with Crippen LogP contribution in [-0.4, -0.2) is 17.3 Å². The fourth-order valence-electron chi connectivity index (χ4n) is 3.02. The highest BCUT2D eigenvalue weighted by Crippen LogP contribution is 2.38. The molecule has 3 rings (SSSR count). The maximum Gasteiger partial charge on any atom is 0.336 e. The molecule has 2 nitrogen and oxygen atoms in total. The Balaban J connectivity index is 2.09. The van der Waals surface area contributed by atoms with Crippen LogP contribution >= 0.6 is 11.8 Å². The molecule has 0 saturated carbocycles. The number of fused-ring (bicyclic) bond motifs is 1. The molecule has 0 saturated heterocycles. The van der Waals surface area contributed by atoms with Gasteiger partial charge in [-0.3, -0.25) is 0 Å². The van der Waals surface area contributed by atoms with Gasteiger partial charge in [0.2, 0.25) is 0 Å². The summed E-state index contributed by atoms with van der Waals surface area (Å²) in [6, 6.07) is 12.3. The van der Waals surface area contributed by atoms with Crippen molar-refractivity contribution in [2.75, 3.05) is 6.26 Å². The third-order valence-electron chi connectivity index (χ3n) is 4.15. The van der Waals surface area contributed by atoms with Crippen LogP contribution in [0.15, 0.2) is 58.5 Å². The number of rotatable bonds is 4. The molecule has 0 atom stereocenters. The highest BCUT2D eigenvalue weighted by Gasteiger charge is 2.25. The van der Waals surface area contributed by atoms with Crippen molar-refractivity contribution in [2.24, 2.45) is 0 Å². The molecule has 1 aliphatic carbocycles. The number of halogens is 1. The number of thioether (sulfide) groups is 1. The zero-order chi connectivity index (χ0) is 17.3. The van der Waals surface area contributed by atoms with Crippen LogP contribution in [0.1, 0.15) is 23.6 Å². The van der Waals surface area contributed by atoms with Crippen LogP contribution in [0.5, 0.6) is 0 Å². The monoisotopic (exact) mass is 340 g/mol. The number of hydrogen-bond donors (Lipinski definition) is 1. The van der Waals surface area contributed by atoms with Gasteiger partial charge in [-0.25, -0.2) is 9.18 Å². The van der Waals surface area contributed by atoms with Crippen LogP contribution in [0.3, 0.4) is 0 Å². The van der Waals surface area contributed by atoms with Crippen molar-refractivity contribution < 1.29 is 14.3 Å². The topological polar surface area (TPSA) is 37.3 Å². The highest BCUT2D eigenvalue weighted by atomic mass is 32.2. The summed E-state index contributed by atoms with van der Waals surface area (Å²) in [5.41, 5.74) is 4.25. The number of carboxylic acid groups (broad SMARTS) is 1. The third-order valence-corrected chi connectivity index (χ3v) is 4.89. The van der Waals surface area contributed by atoms with Crippen molar-refractivity contribution in [1.82, 2.24) is 0 Å². The maximum atomic E-state index is 13.6. The van der Waals surface area contributed by atoms with Gasteiger partial charge in [-0.05, 0) is 72.2 Å². The van der Waals surface area contributed by atoms with Gasteiger partial charge >= 0.3 is 5.97 Å². The van der Waals surface area contributed by atoms with Gasteiger partial charge < -0.3 is 5.11 Å². The Kier molecular flexibility index (Phi) is 4.58. The Morgan fingerprint density at radius 1 is 1.21 bits per heavy atom. The molecule has 0 amide bonds. The second kappa shape index (κ2) is 6.65. The summed E-state index contributed by atoms with van der Waals surface area (Å²) in [6.07, 6.45) is 4.30. The lowest BCUT2D eigenvalue weighted by atomic mass is 9.95. The summed E-state index contributed by atoms with van der Waals surface area (Å²) in [6.45, 7) is 1.90. The fraction of sp³-hybridized carbons (Fsp3) is 0.150.